The minimum Gasteiger partial charge on any atom is -0.383 e. The molecule has 0 aromatic carbocycles. The maximum Gasteiger partial charge on any atom is 0.0589 e. The molecule has 2 fully saturated rings. The molecule has 0 unspecified atom stereocenters. The summed E-state index contributed by atoms with van der Waals surface area (Å²) in [6.45, 7) is 6.67. The zero-order valence-corrected chi connectivity index (χ0v) is 13.1. The predicted molar refractivity (Wildman–Crippen MR) is 84.2 cm³/mol. The molecular weight excluding hydrogens is 262 g/mol. The van der Waals surface area contributed by atoms with Crippen LogP contribution in [0.25, 0.3) is 0 Å². The first-order chi connectivity index (χ1) is 10.3. The lowest BCUT2D eigenvalue weighted by atomic mass is 9.84. The van der Waals surface area contributed by atoms with Crippen LogP contribution in [0.1, 0.15) is 31.2 Å². The predicted octanol–water partition coefficient (Wildman–Crippen LogP) is 2.16. The topological polar surface area (TPSA) is 28.6 Å². The van der Waals surface area contributed by atoms with Crippen molar-refractivity contribution in [2.75, 3.05) is 39.9 Å². The van der Waals surface area contributed by atoms with Crippen LogP contribution in [0.2, 0.25) is 0 Å². The third-order valence-corrected chi connectivity index (χ3v) is 5.24. The van der Waals surface area contributed by atoms with E-state index in [1.54, 1.807) is 7.11 Å². The smallest absolute Gasteiger partial charge is 0.0589 e. The normalized spacial score (nSPS) is 22.9. The molecule has 4 nitrogen and oxygen atoms in total. The number of methoxy groups -OCH3 is 1. The molecule has 21 heavy (non-hydrogen) atoms. The quantitative estimate of drug-likeness (QED) is 0.830. The fraction of sp³-hybridized carbons (Fsp3) is 0.706. The molecule has 3 heterocycles. The summed E-state index contributed by atoms with van der Waals surface area (Å²) in [4.78, 5) is 9.53. The number of rotatable bonds is 5. The lowest BCUT2D eigenvalue weighted by molar-refractivity contribution is 0.0379. The molecule has 2 aliphatic rings. The Hall–Kier alpha value is -0.970. The van der Waals surface area contributed by atoms with Crippen LogP contribution >= 0.6 is 0 Å². The third kappa shape index (κ3) is 3.44. The lowest BCUT2D eigenvalue weighted by Gasteiger charge is -2.45. The highest BCUT2D eigenvalue weighted by molar-refractivity contribution is 5.11. The second kappa shape index (κ2) is 6.86. The summed E-state index contributed by atoms with van der Waals surface area (Å²) < 4.78 is 5.20. The zero-order valence-electron chi connectivity index (χ0n) is 13.1. The first-order valence-corrected chi connectivity index (χ1v) is 8.18. The highest BCUT2D eigenvalue weighted by atomic mass is 16.5. The van der Waals surface area contributed by atoms with Crippen molar-refractivity contribution in [1.29, 1.82) is 0 Å². The molecule has 2 aliphatic heterocycles. The Bertz CT molecular complexity index is 429. The summed E-state index contributed by atoms with van der Waals surface area (Å²) >= 11 is 0. The molecule has 0 N–H and O–H groups in total. The van der Waals surface area contributed by atoms with E-state index < -0.39 is 0 Å². The van der Waals surface area contributed by atoms with E-state index in [0.29, 0.717) is 5.54 Å². The number of pyridine rings is 1. The van der Waals surface area contributed by atoms with Gasteiger partial charge in [-0.15, -0.1) is 0 Å². The van der Waals surface area contributed by atoms with Crippen molar-refractivity contribution in [1.82, 2.24) is 14.8 Å². The van der Waals surface area contributed by atoms with Crippen LogP contribution in [0.3, 0.4) is 0 Å². The first-order valence-electron chi connectivity index (χ1n) is 8.18. The minimum absolute atomic E-state index is 0.444. The molecule has 1 spiro atoms. The highest BCUT2D eigenvalue weighted by Crippen LogP contribution is 2.39. The van der Waals surface area contributed by atoms with Gasteiger partial charge in [0.1, 0.15) is 0 Å². The van der Waals surface area contributed by atoms with Gasteiger partial charge < -0.3 is 9.64 Å². The van der Waals surface area contributed by atoms with E-state index in [1.807, 2.05) is 18.5 Å². The van der Waals surface area contributed by atoms with Gasteiger partial charge in [0, 0.05) is 38.1 Å². The molecule has 0 atom stereocenters. The van der Waals surface area contributed by atoms with E-state index in [4.69, 9.17) is 4.74 Å². The van der Waals surface area contributed by atoms with Gasteiger partial charge in [0.25, 0.3) is 0 Å². The molecule has 0 aliphatic carbocycles. The van der Waals surface area contributed by atoms with Gasteiger partial charge in [-0.1, -0.05) is 6.07 Å². The van der Waals surface area contributed by atoms with Gasteiger partial charge >= 0.3 is 0 Å². The number of likely N-dealkylation sites (tertiary alicyclic amines) is 2. The average Bonchev–Trinajstić information content (AvgIpc) is 2.90. The molecule has 0 amide bonds. The Balaban J connectivity index is 1.59. The van der Waals surface area contributed by atoms with Crippen molar-refractivity contribution in [3.05, 3.63) is 30.1 Å². The van der Waals surface area contributed by atoms with E-state index in [2.05, 4.69) is 20.9 Å². The molecule has 0 bridgehead atoms. The Morgan fingerprint density at radius 1 is 1.24 bits per heavy atom. The number of hydrogen-bond acceptors (Lipinski definition) is 4. The number of ether oxygens (including phenoxy) is 1. The number of aromatic nitrogens is 1. The maximum absolute atomic E-state index is 5.20. The van der Waals surface area contributed by atoms with Crippen molar-refractivity contribution in [3.63, 3.8) is 0 Å². The van der Waals surface area contributed by atoms with Gasteiger partial charge in [0.2, 0.25) is 0 Å². The minimum atomic E-state index is 0.444. The van der Waals surface area contributed by atoms with Crippen molar-refractivity contribution >= 4 is 0 Å². The summed E-state index contributed by atoms with van der Waals surface area (Å²) in [5.74, 6) is 0. The Kier molecular flexibility index (Phi) is 4.88. The highest BCUT2D eigenvalue weighted by Gasteiger charge is 2.42. The van der Waals surface area contributed by atoms with E-state index in [0.717, 1.165) is 19.7 Å². The van der Waals surface area contributed by atoms with Crippen LogP contribution in [-0.4, -0.2) is 60.2 Å². The largest absolute Gasteiger partial charge is 0.383 e. The van der Waals surface area contributed by atoms with E-state index in [-0.39, 0.29) is 0 Å². The van der Waals surface area contributed by atoms with Crippen molar-refractivity contribution in [2.24, 2.45) is 0 Å². The zero-order chi connectivity index (χ0) is 14.5. The summed E-state index contributed by atoms with van der Waals surface area (Å²) in [6, 6.07) is 4.25. The Labute approximate surface area is 128 Å². The molecule has 116 valence electrons. The van der Waals surface area contributed by atoms with Crippen molar-refractivity contribution in [3.8, 4) is 0 Å². The molecule has 1 aromatic rings. The Morgan fingerprint density at radius 2 is 2.10 bits per heavy atom. The second-order valence-electron chi connectivity index (χ2n) is 6.45. The lowest BCUT2D eigenvalue weighted by Crippen LogP contribution is -2.52. The van der Waals surface area contributed by atoms with Crippen LogP contribution in [0.4, 0.5) is 0 Å². The summed E-state index contributed by atoms with van der Waals surface area (Å²) in [7, 11) is 1.79. The number of piperidine rings is 1. The van der Waals surface area contributed by atoms with Crippen molar-refractivity contribution in [2.45, 2.75) is 37.8 Å². The first kappa shape index (κ1) is 14.9. The van der Waals surface area contributed by atoms with Gasteiger partial charge in [-0.3, -0.25) is 9.88 Å². The van der Waals surface area contributed by atoms with Crippen LogP contribution in [0.15, 0.2) is 24.5 Å². The van der Waals surface area contributed by atoms with E-state index in [1.165, 1.54) is 50.9 Å². The summed E-state index contributed by atoms with van der Waals surface area (Å²) in [5.41, 5.74) is 1.79. The fourth-order valence-electron chi connectivity index (χ4n) is 3.93. The molecule has 3 rings (SSSR count). The van der Waals surface area contributed by atoms with Crippen LogP contribution in [-0.2, 0) is 11.3 Å². The standard InChI is InChI=1S/C17H27N3O/c1-21-13-12-19-10-6-17(7-11-19)5-3-9-20(17)15-16-4-2-8-18-14-16/h2,4,8,14H,3,5-7,9-13,15H2,1H3. The van der Waals surface area contributed by atoms with Gasteiger partial charge in [-0.05, 0) is 56.9 Å². The van der Waals surface area contributed by atoms with Gasteiger partial charge in [0.15, 0.2) is 0 Å². The molecule has 0 saturated carbocycles. The average molecular weight is 289 g/mol. The Morgan fingerprint density at radius 3 is 2.81 bits per heavy atom. The molecule has 0 radical (unpaired) electrons. The van der Waals surface area contributed by atoms with Gasteiger partial charge in [-0.2, -0.15) is 0 Å². The molecule has 1 aromatic heterocycles. The molecule has 4 heteroatoms. The van der Waals surface area contributed by atoms with Gasteiger partial charge in [0.05, 0.1) is 6.61 Å². The van der Waals surface area contributed by atoms with Gasteiger partial charge in [-0.25, -0.2) is 0 Å². The van der Waals surface area contributed by atoms with E-state index >= 15 is 0 Å². The monoisotopic (exact) mass is 289 g/mol. The molecular formula is C17H27N3O. The second-order valence-corrected chi connectivity index (χ2v) is 6.45. The maximum atomic E-state index is 5.20. The summed E-state index contributed by atoms with van der Waals surface area (Å²) in [6.07, 6.45) is 9.19. The number of nitrogens with zero attached hydrogens (tertiary/aromatic N) is 3. The van der Waals surface area contributed by atoms with E-state index in [9.17, 15) is 0 Å². The van der Waals surface area contributed by atoms with Crippen molar-refractivity contribution < 1.29 is 4.74 Å². The number of hydrogen-bond donors (Lipinski definition) is 0. The van der Waals surface area contributed by atoms with Crippen LogP contribution in [0, 0.1) is 0 Å². The SMILES string of the molecule is COCCN1CCC2(CCCN2Cc2cccnc2)CC1. The summed E-state index contributed by atoms with van der Waals surface area (Å²) in [5, 5.41) is 0. The van der Waals surface area contributed by atoms with Crippen LogP contribution in [0.5, 0.6) is 0 Å². The molecule has 2 saturated heterocycles. The fourth-order valence-corrected chi connectivity index (χ4v) is 3.93. The van der Waals surface area contributed by atoms with Crippen LogP contribution < -0.4 is 0 Å². The third-order valence-electron chi connectivity index (χ3n) is 5.24.